The predicted octanol–water partition coefficient (Wildman–Crippen LogP) is 3.74. The van der Waals surface area contributed by atoms with E-state index in [0.717, 1.165) is 17.8 Å². The molecule has 0 bridgehead atoms. The van der Waals surface area contributed by atoms with Gasteiger partial charge >= 0.3 is 6.18 Å². The molecule has 6 nitrogen and oxygen atoms in total. The summed E-state index contributed by atoms with van der Waals surface area (Å²) in [6.45, 7) is -0.396. The summed E-state index contributed by atoms with van der Waals surface area (Å²) in [6, 6.07) is 9.33. The lowest BCUT2D eigenvalue weighted by Crippen LogP contribution is -2.22. The zero-order chi connectivity index (χ0) is 18.7. The van der Waals surface area contributed by atoms with Crippen molar-refractivity contribution in [3.63, 3.8) is 0 Å². The first-order valence-corrected chi connectivity index (χ1v) is 7.96. The number of fused-ring (bicyclic) bond motifs is 1. The Bertz CT molecular complexity index is 888. The monoisotopic (exact) mass is 364 g/mol. The van der Waals surface area contributed by atoms with Crippen LogP contribution in [0.15, 0.2) is 36.5 Å². The van der Waals surface area contributed by atoms with Crippen LogP contribution in [0.1, 0.15) is 5.56 Å². The molecule has 0 atom stereocenters. The molecule has 0 fully saturated rings. The van der Waals surface area contributed by atoms with Crippen LogP contribution in [0.25, 0.3) is 11.0 Å². The largest absolute Gasteiger partial charge is 0.405 e. The molecule has 1 aromatic carbocycles. The number of alkyl halides is 3. The van der Waals surface area contributed by atoms with E-state index in [9.17, 15) is 13.2 Å². The van der Waals surface area contributed by atoms with Crippen LogP contribution >= 0.6 is 0 Å². The van der Waals surface area contributed by atoms with Crippen LogP contribution in [0, 0.1) is 0 Å². The molecule has 0 unspecified atom stereocenters. The fourth-order valence-electron chi connectivity index (χ4n) is 2.56. The molecule has 2 heterocycles. The number of anilines is 3. The topological polar surface area (TPSA) is 68.9 Å². The van der Waals surface area contributed by atoms with E-state index in [2.05, 4.69) is 25.6 Å². The van der Waals surface area contributed by atoms with Crippen LogP contribution in [0.2, 0.25) is 0 Å². The highest BCUT2D eigenvalue weighted by Crippen LogP contribution is 2.25. The van der Waals surface area contributed by atoms with Crippen molar-refractivity contribution < 1.29 is 13.2 Å². The normalized spacial score (nSPS) is 11.9. The van der Waals surface area contributed by atoms with Gasteiger partial charge in [-0.25, -0.2) is 0 Å². The summed E-state index contributed by atoms with van der Waals surface area (Å²) in [5.41, 5.74) is 2.31. The lowest BCUT2D eigenvalue weighted by Gasteiger charge is -2.13. The van der Waals surface area contributed by atoms with E-state index in [4.69, 9.17) is 0 Å². The molecule has 3 rings (SSSR count). The van der Waals surface area contributed by atoms with Gasteiger partial charge in [-0.05, 0) is 37.9 Å². The van der Waals surface area contributed by atoms with E-state index in [1.807, 2.05) is 43.3 Å². The third-order valence-corrected chi connectivity index (χ3v) is 3.55. The minimum absolute atomic E-state index is 0.125. The molecule has 0 radical (unpaired) electrons. The molecule has 0 saturated heterocycles. The average Bonchev–Trinajstić information content (AvgIpc) is 3.00. The van der Waals surface area contributed by atoms with Crippen LogP contribution in [-0.4, -0.2) is 46.7 Å². The van der Waals surface area contributed by atoms with Crippen LogP contribution < -0.4 is 10.6 Å². The van der Waals surface area contributed by atoms with Gasteiger partial charge in [-0.3, -0.25) is 0 Å². The zero-order valence-corrected chi connectivity index (χ0v) is 14.4. The Balaban J connectivity index is 1.86. The summed E-state index contributed by atoms with van der Waals surface area (Å²) in [5.74, 6) is 0.340. The van der Waals surface area contributed by atoms with E-state index in [-0.39, 0.29) is 11.8 Å². The fraction of sp³-hybridized carbons (Fsp3) is 0.294. The number of aromatic amines is 1. The number of hydrogen-bond donors (Lipinski definition) is 3. The number of nitrogens with zero attached hydrogens (tertiary/aromatic N) is 3. The molecular weight excluding hydrogens is 345 g/mol. The van der Waals surface area contributed by atoms with Crippen molar-refractivity contribution >= 4 is 28.5 Å². The van der Waals surface area contributed by atoms with Gasteiger partial charge in [0, 0.05) is 18.4 Å². The summed E-state index contributed by atoms with van der Waals surface area (Å²) in [5, 5.41) is 5.89. The van der Waals surface area contributed by atoms with Crippen LogP contribution in [0.5, 0.6) is 0 Å². The lowest BCUT2D eigenvalue weighted by atomic mass is 10.2. The van der Waals surface area contributed by atoms with E-state index < -0.39 is 12.7 Å². The van der Waals surface area contributed by atoms with Gasteiger partial charge in [0.25, 0.3) is 0 Å². The molecule has 0 spiro atoms. The summed E-state index contributed by atoms with van der Waals surface area (Å²) < 4.78 is 37.6. The molecule has 3 aromatic rings. The highest BCUT2D eigenvalue weighted by Gasteiger charge is 2.27. The van der Waals surface area contributed by atoms with Gasteiger partial charge in [0.05, 0.1) is 5.39 Å². The Kier molecular flexibility index (Phi) is 4.99. The lowest BCUT2D eigenvalue weighted by molar-refractivity contribution is -0.115. The molecule has 0 aliphatic carbocycles. The number of benzene rings is 1. The Hall–Kier alpha value is -2.81. The van der Waals surface area contributed by atoms with Gasteiger partial charge in [0.2, 0.25) is 5.95 Å². The molecule has 0 aliphatic rings. The van der Waals surface area contributed by atoms with E-state index in [1.54, 1.807) is 12.3 Å². The smallest absolute Gasteiger partial charge is 0.360 e. The third-order valence-electron chi connectivity index (χ3n) is 3.55. The summed E-state index contributed by atoms with van der Waals surface area (Å²) in [6.07, 6.45) is -2.72. The third kappa shape index (κ3) is 4.63. The quantitative estimate of drug-likeness (QED) is 0.622. The van der Waals surface area contributed by atoms with Crippen molar-refractivity contribution in [2.45, 2.75) is 12.7 Å². The molecule has 0 saturated carbocycles. The first-order chi connectivity index (χ1) is 12.3. The first-order valence-electron chi connectivity index (χ1n) is 7.96. The molecule has 26 heavy (non-hydrogen) atoms. The number of H-pyrrole nitrogens is 1. The van der Waals surface area contributed by atoms with Crippen molar-refractivity contribution in [3.05, 3.63) is 42.1 Å². The van der Waals surface area contributed by atoms with Crippen molar-refractivity contribution in [2.24, 2.45) is 0 Å². The van der Waals surface area contributed by atoms with E-state index in [1.165, 1.54) is 0 Å². The van der Waals surface area contributed by atoms with Crippen molar-refractivity contribution in [3.8, 4) is 0 Å². The standard InChI is InChI=1S/C17H19F3N6/c1-26(2)9-11-4-3-5-12(8-11)23-16-24-14-13(6-7-21-14)15(25-16)22-10-17(18,19)20/h3-8H,9-10H2,1-2H3,(H3,21,22,23,24,25). The Morgan fingerprint density at radius 1 is 1.15 bits per heavy atom. The maximum Gasteiger partial charge on any atom is 0.405 e. The molecule has 138 valence electrons. The van der Waals surface area contributed by atoms with Gasteiger partial charge in [-0.2, -0.15) is 23.1 Å². The second kappa shape index (κ2) is 7.20. The Labute approximate surface area is 148 Å². The maximum absolute atomic E-state index is 12.5. The highest BCUT2D eigenvalue weighted by atomic mass is 19.4. The average molecular weight is 364 g/mol. The number of aromatic nitrogens is 3. The molecular formula is C17H19F3N6. The fourth-order valence-corrected chi connectivity index (χ4v) is 2.56. The SMILES string of the molecule is CN(C)Cc1cccc(Nc2nc(NCC(F)(F)F)c3cc[nH]c3n2)c1. The summed E-state index contributed by atoms with van der Waals surface area (Å²) >= 11 is 0. The maximum atomic E-state index is 12.5. The van der Waals surface area contributed by atoms with Crippen LogP contribution in [0.4, 0.5) is 30.6 Å². The van der Waals surface area contributed by atoms with Crippen molar-refractivity contribution in [2.75, 3.05) is 31.3 Å². The molecule has 0 aliphatic heterocycles. The second-order valence-corrected chi connectivity index (χ2v) is 6.17. The predicted molar refractivity (Wildman–Crippen MR) is 95.5 cm³/mol. The Morgan fingerprint density at radius 3 is 2.69 bits per heavy atom. The van der Waals surface area contributed by atoms with Crippen LogP contribution in [0.3, 0.4) is 0 Å². The summed E-state index contributed by atoms with van der Waals surface area (Å²) in [7, 11) is 3.95. The number of hydrogen-bond acceptors (Lipinski definition) is 5. The summed E-state index contributed by atoms with van der Waals surface area (Å²) in [4.78, 5) is 13.5. The first kappa shape index (κ1) is 18.0. The molecule has 3 N–H and O–H groups in total. The second-order valence-electron chi connectivity index (χ2n) is 6.17. The highest BCUT2D eigenvalue weighted by molar-refractivity contribution is 5.88. The number of rotatable bonds is 6. The van der Waals surface area contributed by atoms with Crippen molar-refractivity contribution in [1.29, 1.82) is 0 Å². The van der Waals surface area contributed by atoms with Gasteiger partial charge in [-0.15, -0.1) is 0 Å². The molecule has 0 amide bonds. The van der Waals surface area contributed by atoms with E-state index >= 15 is 0 Å². The molecule has 2 aromatic heterocycles. The van der Waals surface area contributed by atoms with Gasteiger partial charge in [0.15, 0.2) is 0 Å². The van der Waals surface area contributed by atoms with Gasteiger partial charge in [0.1, 0.15) is 18.0 Å². The molecule has 9 heteroatoms. The van der Waals surface area contributed by atoms with Gasteiger partial charge in [-0.1, -0.05) is 12.1 Å². The Morgan fingerprint density at radius 2 is 1.96 bits per heavy atom. The van der Waals surface area contributed by atoms with Gasteiger partial charge < -0.3 is 20.5 Å². The number of halogens is 3. The number of nitrogens with one attached hydrogen (secondary N) is 3. The van der Waals surface area contributed by atoms with Crippen molar-refractivity contribution in [1.82, 2.24) is 19.9 Å². The minimum atomic E-state index is -4.33. The zero-order valence-electron chi connectivity index (χ0n) is 14.4. The minimum Gasteiger partial charge on any atom is -0.360 e. The van der Waals surface area contributed by atoms with Crippen LogP contribution in [-0.2, 0) is 6.54 Å². The van der Waals surface area contributed by atoms with E-state index in [0.29, 0.717) is 11.0 Å².